The molecule has 1 fully saturated rings. The van der Waals surface area contributed by atoms with E-state index in [0.29, 0.717) is 31.6 Å². The molecular formula is C12H16N2O4. The number of hydrogen-bond donors (Lipinski definition) is 1. The van der Waals surface area contributed by atoms with E-state index in [9.17, 15) is 15.2 Å². The Hall–Kier alpha value is -1.82. The van der Waals surface area contributed by atoms with Gasteiger partial charge in [0.05, 0.1) is 18.1 Å². The number of methoxy groups -OCH3 is 1. The van der Waals surface area contributed by atoms with E-state index >= 15 is 0 Å². The van der Waals surface area contributed by atoms with Crippen LogP contribution in [0, 0.1) is 10.1 Å². The van der Waals surface area contributed by atoms with Gasteiger partial charge in [0, 0.05) is 13.1 Å². The van der Waals surface area contributed by atoms with Crippen LogP contribution in [0.2, 0.25) is 0 Å². The summed E-state index contributed by atoms with van der Waals surface area (Å²) in [6.45, 7) is 1.24. The number of benzene rings is 1. The van der Waals surface area contributed by atoms with Crippen molar-refractivity contribution in [3.63, 3.8) is 0 Å². The summed E-state index contributed by atoms with van der Waals surface area (Å²) in [6, 6.07) is 5.05. The molecule has 2 rings (SSSR count). The van der Waals surface area contributed by atoms with Gasteiger partial charge in [-0.1, -0.05) is 6.07 Å². The van der Waals surface area contributed by atoms with Crippen molar-refractivity contribution < 1.29 is 14.8 Å². The molecule has 1 aliphatic rings. The van der Waals surface area contributed by atoms with Crippen LogP contribution in [0.25, 0.3) is 0 Å². The van der Waals surface area contributed by atoms with Crippen LogP contribution >= 0.6 is 0 Å². The van der Waals surface area contributed by atoms with Gasteiger partial charge in [-0.2, -0.15) is 0 Å². The average molecular weight is 252 g/mol. The number of piperidine rings is 1. The van der Waals surface area contributed by atoms with Crippen molar-refractivity contribution in [3.05, 3.63) is 28.3 Å². The molecule has 18 heavy (non-hydrogen) atoms. The number of rotatable bonds is 3. The van der Waals surface area contributed by atoms with Crippen molar-refractivity contribution in [1.82, 2.24) is 0 Å². The smallest absolute Gasteiger partial charge is 0.333 e. The Labute approximate surface area is 105 Å². The number of aliphatic hydroxyl groups excluding tert-OH is 1. The lowest BCUT2D eigenvalue weighted by molar-refractivity contribution is -0.385. The van der Waals surface area contributed by atoms with Crippen LogP contribution in [0.15, 0.2) is 18.2 Å². The summed E-state index contributed by atoms with van der Waals surface area (Å²) in [4.78, 5) is 12.7. The zero-order chi connectivity index (χ0) is 13.1. The number of nitro groups is 1. The van der Waals surface area contributed by atoms with E-state index in [0.717, 1.165) is 0 Å². The molecule has 0 radical (unpaired) electrons. The second-order valence-electron chi connectivity index (χ2n) is 4.30. The van der Waals surface area contributed by atoms with Crippen LogP contribution in [0.3, 0.4) is 0 Å². The Balaban J connectivity index is 2.35. The van der Waals surface area contributed by atoms with E-state index < -0.39 is 4.92 Å². The van der Waals surface area contributed by atoms with Crippen molar-refractivity contribution in [2.24, 2.45) is 0 Å². The third-order valence-electron chi connectivity index (χ3n) is 3.19. The highest BCUT2D eigenvalue weighted by Crippen LogP contribution is 2.37. The van der Waals surface area contributed by atoms with Crippen LogP contribution in [0.5, 0.6) is 5.75 Å². The highest BCUT2D eigenvalue weighted by molar-refractivity contribution is 5.69. The topological polar surface area (TPSA) is 75.8 Å². The molecule has 6 nitrogen and oxygen atoms in total. The second-order valence-corrected chi connectivity index (χ2v) is 4.30. The lowest BCUT2D eigenvalue weighted by Gasteiger charge is -2.31. The number of hydrogen-bond acceptors (Lipinski definition) is 5. The molecule has 0 unspecified atom stereocenters. The van der Waals surface area contributed by atoms with Crippen molar-refractivity contribution in [2.75, 3.05) is 25.1 Å². The molecule has 6 heteroatoms. The molecule has 1 aromatic carbocycles. The van der Waals surface area contributed by atoms with Gasteiger partial charge in [-0.25, -0.2) is 0 Å². The first-order valence-electron chi connectivity index (χ1n) is 5.88. The Morgan fingerprint density at radius 1 is 1.44 bits per heavy atom. The highest BCUT2D eigenvalue weighted by atomic mass is 16.6. The van der Waals surface area contributed by atoms with Crippen molar-refractivity contribution in [2.45, 2.75) is 18.9 Å². The molecule has 1 heterocycles. The SMILES string of the molecule is COc1cccc(N2CCC(O)CC2)c1[N+](=O)[O-]. The first-order chi connectivity index (χ1) is 8.63. The third kappa shape index (κ3) is 2.38. The first-order valence-corrected chi connectivity index (χ1v) is 5.88. The second kappa shape index (κ2) is 5.22. The minimum Gasteiger partial charge on any atom is -0.490 e. The molecule has 0 saturated carbocycles. The summed E-state index contributed by atoms with van der Waals surface area (Å²) >= 11 is 0. The van der Waals surface area contributed by atoms with E-state index in [1.54, 1.807) is 18.2 Å². The highest BCUT2D eigenvalue weighted by Gasteiger charge is 2.27. The maximum Gasteiger partial charge on any atom is 0.333 e. The molecule has 0 bridgehead atoms. The molecule has 1 aromatic rings. The van der Waals surface area contributed by atoms with E-state index in [1.807, 2.05) is 4.90 Å². The third-order valence-corrected chi connectivity index (χ3v) is 3.19. The van der Waals surface area contributed by atoms with Gasteiger partial charge in [-0.3, -0.25) is 10.1 Å². The Bertz CT molecular complexity index is 442. The largest absolute Gasteiger partial charge is 0.490 e. The first kappa shape index (κ1) is 12.6. The summed E-state index contributed by atoms with van der Waals surface area (Å²) in [5.74, 6) is 0.267. The van der Waals surface area contributed by atoms with Gasteiger partial charge < -0.3 is 14.7 Å². The van der Waals surface area contributed by atoms with Crippen molar-refractivity contribution >= 4 is 11.4 Å². The Morgan fingerprint density at radius 2 is 2.11 bits per heavy atom. The number of aliphatic hydroxyl groups is 1. The fourth-order valence-corrected chi connectivity index (χ4v) is 2.22. The van der Waals surface area contributed by atoms with Gasteiger partial charge in [-0.15, -0.1) is 0 Å². The summed E-state index contributed by atoms with van der Waals surface area (Å²) in [5.41, 5.74) is 0.558. The predicted molar refractivity (Wildman–Crippen MR) is 67.1 cm³/mol. The van der Waals surface area contributed by atoms with Gasteiger partial charge in [0.2, 0.25) is 0 Å². The van der Waals surface area contributed by atoms with Crippen LogP contribution in [0.4, 0.5) is 11.4 Å². The summed E-state index contributed by atoms with van der Waals surface area (Å²) in [5, 5.41) is 20.6. The van der Waals surface area contributed by atoms with Gasteiger partial charge in [0.25, 0.3) is 0 Å². The summed E-state index contributed by atoms with van der Waals surface area (Å²) in [6.07, 6.45) is 0.967. The van der Waals surface area contributed by atoms with E-state index in [-0.39, 0.29) is 17.5 Å². The molecule has 1 aliphatic heterocycles. The average Bonchev–Trinajstić information content (AvgIpc) is 2.38. The number of ether oxygens (including phenoxy) is 1. The van der Waals surface area contributed by atoms with Gasteiger partial charge in [0.1, 0.15) is 5.69 Å². The minimum absolute atomic E-state index is 0.00334. The molecular weight excluding hydrogens is 236 g/mol. The van der Waals surface area contributed by atoms with Gasteiger partial charge in [0.15, 0.2) is 5.75 Å². The molecule has 0 atom stereocenters. The van der Waals surface area contributed by atoms with Crippen molar-refractivity contribution in [3.8, 4) is 5.75 Å². The van der Waals surface area contributed by atoms with Crippen LogP contribution in [-0.4, -0.2) is 36.3 Å². The molecule has 0 amide bonds. The molecule has 0 spiro atoms. The maximum atomic E-state index is 11.2. The summed E-state index contributed by atoms with van der Waals surface area (Å²) < 4.78 is 5.04. The molecule has 0 aromatic heterocycles. The lowest BCUT2D eigenvalue weighted by Crippen LogP contribution is -2.36. The maximum absolute atomic E-state index is 11.2. The van der Waals surface area contributed by atoms with Crippen molar-refractivity contribution in [1.29, 1.82) is 0 Å². The minimum atomic E-state index is -0.417. The zero-order valence-electron chi connectivity index (χ0n) is 10.2. The summed E-state index contributed by atoms with van der Waals surface area (Å²) in [7, 11) is 1.42. The van der Waals surface area contributed by atoms with E-state index in [2.05, 4.69) is 0 Å². The van der Waals surface area contributed by atoms with Crippen LogP contribution < -0.4 is 9.64 Å². The normalized spacial score (nSPS) is 16.7. The van der Waals surface area contributed by atoms with Crippen LogP contribution in [0.1, 0.15) is 12.8 Å². The van der Waals surface area contributed by atoms with E-state index in [4.69, 9.17) is 4.74 Å². The zero-order valence-corrected chi connectivity index (χ0v) is 10.2. The lowest BCUT2D eigenvalue weighted by atomic mass is 10.1. The number of anilines is 1. The number of nitrogens with zero attached hydrogens (tertiary/aromatic N) is 2. The fraction of sp³-hybridized carbons (Fsp3) is 0.500. The molecule has 98 valence electrons. The quantitative estimate of drug-likeness (QED) is 0.652. The number of para-hydroxylation sites is 1. The molecule has 1 N–H and O–H groups in total. The monoisotopic (exact) mass is 252 g/mol. The van der Waals surface area contributed by atoms with Gasteiger partial charge >= 0.3 is 5.69 Å². The fourth-order valence-electron chi connectivity index (χ4n) is 2.22. The Kier molecular flexibility index (Phi) is 3.66. The predicted octanol–water partition coefficient (Wildman–Crippen LogP) is 1.56. The molecule has 1 saturated heterocycles. The van der Waals surface area contributed by atoms with E-state index in [1.165, 1.54) is 7.11 Å². The number of nitro benzene ring substituents is 1. The van der Waals surface area contributed by atoms with Crippen LogP contribution in [-0.2, 0) is 0 Å². The Morgan fingerprint density at radius 3 is 2.67 bits per heavy atom. The standard InChI is InChI=1S/C12H16N2O4/c1-18-11-4-2-3-10(12(11)14(16)17)13-7-5-9(15)6-8-13/h2-4,9,15H,5-8H2,1H3. The molecule has 0 aliphatic carbocycles. The van der Waals surface area contributed by atoms with Gasteiger partial charge in [-0.05, 0) is 25.0 Å².